The van der Waals surface area contributed by atoms with E-state index in [1.54, 1.807) is 24.3 Å². The second-order valence-corrected chi connectivity index (χ2v) is 13.9. The molecule has 0 saturated carbocycles. The molecule has 2 heterocycles. The van der Waals surface area contributed by atoms with Gasteiger partial charge in [0.2, 0.25) is 0 Å². The van der Waals surface area contributed by atoms with Crippen LogP contribution in [0.1, 0.15) is 30.5 Å². The Labute approximate surface area is 206 Å². The Hall–Kier alpha value is -2.61. The zero-order valence-corrected chi connectivity index (χ0v) is 21.5. The normalized spacial score (nSPS) is 22.2. The van der Waals surface area contributed by atoms with E-state index < -0.39 is 28.2 Å². The van der Waals surface area contributed by atoms with Crippen molar-refractivity contribution in [1.29, 1.82) is 0 Å². The second-order valence-electron chi connectivity index (χ2n) is 8.98. The SMILES string of the molecule is CC1=C(c2ccccc2)P2CC1(C)C(c1ccc(S(=O)(=O)O)cc1)=C2c1ccc(S(=O)(=O)O)cc1. The van der Waals surface area contributed by atoms with E-state index in [9.17, 15) is 25.9 Å². The smallest absolute Gasteiger partial charge is 0.282 e. The third-order valence-corrected chi connectivity index (χ3v) is 11.7. The van der Waals surface area contributed by atoms with Crippen LogP contribution in [-0.4, -0.2) is 32.1 Å². The highest BCUT2D eigenvalue weighted by Gasteiger charge is 2.52. The lowest BCUT2D eigenvalue weighted by molar-refractivity contribution is 0.481. The fraction of sp³-hybridized carbons (Fsp3) is 0.154. The Bertz CT molecular complexity index is 1610. The summed E-state index contributed by atoms with van der Waals surface area (Å²) in [5, 5.41) is 2.41. The first-order valence-corrected chi connectivity index (χ1v) is 15.3. The zero-order chi connectivity index (χ0) is 25.2. The van der Waals surface area contributed by atoms with Gasteiger partial charge in [0.25, 0.3) is 20.2 Å². The third-order valence-electron chi connectivity index (χ3n) is 6.90. The first kappa shape index (κ1) is 24.1. The van der Waals surface area contributed by atoms with Crippen molar-refractivity contribution < 1.29 is 25.9 Å². The number of hydrogen-bond donors (Lipinski definition) is 2. The quantitative estimate of drug-likeness (QED) is 0.312. The van der Waals surface area contributed by atoms with E-state index in [4.69, 9.17) is 0 Å². The Morgan fingerprint density at radius 1 is 0.686 bits per heavy atom. The van der Waals surface area contributed by atoms with Crippen LogP contribution in [0.5, 0.6) is 0 Å². The molecule has 0 radical (unpaired) electrons. The molecule has 2 bridgehead atoms. The predicted molar refractivity (Wildman–Crippen MR) is 138 cm³/mol. The first-order valence-electron chi connectivity index (χ1n) is 10.9. The van der Waals surface area contributed by atoms with Crippen LogP contribution in [0.2, 0.25) is 0 Å². The molecule has 9 heteroatoms. The number of benzene rings is 3. The van der Waals surface area contributed by atoms with Crippen LogP contribution in [0.15, 0.2) is 94.2 Å². The summed E-state index contributed by atoms with van der Waals surface area (Å²) < 4.78 is 65.2. The minimum atomic E-state index is -4.31. The molecule has 0 spiro atoms. The molecular weight excluding hydrogens is 503 g/mol. The van der Waals surface area contributed by atoms with Crippen molar-refractivity contribution >= 4 is 44.4 Å². The summed E-state index contributed by atoms with van der Waals surface area (Å²) in [6.07, 6.45) is 0.892. The molecule has 6 nitrogen and oxygen atoms in total. The predicted octanol–water partition coefficient (Wildman–Crippen LogP) is 5.99. The molecule has 2 atom stereocenters. The van der Waals surface area contributed by atoms with Gasteiger partial charge in [-0.05, 0) is 78.2 Å². The zero-order valence-electron chi connectivity index (χ0n) is 19.0. The number of allylic oxidation sites excluding steroid dienone is 2. The monoisotopic (exact) mass is 526 g/mol. The first-order chi connectivity index (χ1) is 16.4. The van der Waals surface area contributed by atoms with Crippen molar-refractivity contribution in [2.45, 2.75) is 23.6 Å². The highest BCUT2D eigenvalue weighted by atomic mass is 32.2. The van der Waals surface area contributed by atoms with Crippen LogP contribution < -0.4 is 0 Å². The number of rotatable bonds is 5. The fourth-order valence-electron chi connectivity index (χ4n) is 5.13. The van der Waals surface area contributed by atoms with Crippen molar-refractivity contribution in [3.63, 3.8) is 0 Å². The lowest BCUT2D eigenvalue weighted by Crippen LogP contribution is -2.18. The average molecular weight is 527 g/mol. The molecule has 5 rings (SSSR count). The van der Waals surface area contributed by atoms with E-state index in [1.807, 2.05) is 18.2 Å². The maximum atomic E-state index is 11.6. The van der Waals surface area contributed by atoms with E-state index >= 15 is 0 Å². The van der Waals surface area contributed by atoms with Gasteiger partial charge in [-0.2, -0.15) is 16.8 Å². The summed E-state index contributed by atoms with van der Waals surface area (Å²) in [5.74, 6) is 0. The van der Waals surface area contributed by atoms with Crippen LogP contribution in [-0.2, 0) is 20.2 Å². The van der Waals surface area contributed by atoms with E-state index in [-0.39, 0.29) is 15.2 Å². The molecule has 0 saturated heterocycles. The molecular formula is C26H23O6PS2. The van der Waals surface area contributed by atoms with Gasteiger partial charge in [0.1, 0.15) is 0 Å². The van der Waals surface area contributed by atoms with Crippen LogP contribution in [0.4, 0.5) is 0 Å². The van der Waals surface area contributed by atoms with Crippen LogP contribution in [0, 0.1) is 5.41 Å². The lowest BCUT2D eigenvalue weighted by Gasteiger charge is -2.31. The van der Waals surface area contributed by atoms with Gasteiger partial charge in [0.05, 0.1) is 9.79 Å². The summed E-state index contributed by atoms with van der Waals surface area (Å²) >= 11 is 0. The maximum Gasteiger partial charge on any atom is 0.294 e. The van der Waals surface area contributed by atoms with Gasteiger partial charge in [-0.1, -0.05) is 67.1 Å². The molecule has 3 aromatic rings. The van der Waals surface area contributed by atoms with Crippen LogP contribution in [0.3, 0.4) is 0 Å². The maximum absolute atomic E-state index is 11.6. The van der Waals surface area contributed by atoms with E-state index in [0.717, 1.165) is 33.7 Å². The molecule has 2 aliphatic rings. The fourth-order valence-corrected chi connectivity index (χ4v) is 9.88. The third kappa shape index (κ3) is 3.99. The Balaban J connectivity index is 1.73. The van der Waals surface area contributed by atoms with Crippen molar-refractivity contribution in [2.75, 3.05) is 6.16 Å². The van der Waals surface area contributed by atoms with E-state index in [0.29, 0.717) is 0 Å². The van der Waals surface area contributed by atoms with Gasteiger partial charge in [-0.15, -0.1) is 0 Å². The van der Waals surface area contributed by atoms with Gasteiger partial charge in [-0.25, -0.2) is 0 Å². The summed E-state index contributed by atoms with van der Waals surface area (Å²) in [7, 11) is -9.41. The summed E-state index contributed by atoms with van der Waals surface area (Å²) in [6.45, 7) is 4.34. The number of hydrogen-bond acceptors (Lipinski definition) is 4. The van der Waals surface area contributed by atoms with Gasteiger partial charge >= 0.3 is 0 Å². The van der Waals surface area contributed by atoms with Crippen molar-refractivity contribution in [1.82, 2.24) is 0 Å². The molecule has 180 valence electrons. The van der Waals surface area contributed by atoms with Crippen molar-refractivity contribution in [2.24, 2.45) is 5.41 Å². The van der Waals surface area contributed by atoms with Crippen molar-refractivity contribution in [3.8, 4) is 0 Å². The molecule has 2 N–H and O–H groups in total. The highest BCUT2D eigenvalue weighted by Crippen LogP contribution is 2.80. The standard InChI is InChI=1S/C26H23O6PS2/c1-17-24(19-6-4-3-5-7-19)33-16-26(17,2)23(18-8-12-21(13-9-18)34(27,28)29)25(33)20-10-14-22(15-11-20)35(30,31)32/h3-15H,16H2,1-2H3,(H,27,28,29)(H,30,31,32). The van der Waals surface area contributed by atoms with Crippen LogP contribution >= 0.6 is 7.92 Å². The molecule has 2 unspecified atom stereocenters. The van der Waals surface area contributed by atoms with Crippen molar-refractivity contribution in [3.05, 3.63) is 101 Å². The lowest BCUT2D eigenvalue weighted by atomic mass is 9.73. The van der Waals surface area contributed by atoms with Gasteiger partial charge in [-0.3, -0.25) is 9.11 Å². The summed E-state index contributed by atoms with van der Waals surface area (Å²) in [5.41, 5.74) is 4.91. The molecule has 2 aliphatic heterocycles. The molecule has 0 fully saturated rings. The summed E-state index contributed by atoms with van der Waals surface area (Å²) in [6, 6.07) is 22.7. The molecule has 3 aromatic carbocycles. The Kier molecular flexibility index (Phi) is 5.66. The average Bonchev–Trinajstić information content (AvgIpc) is 3.26. The van der Waals surface area contributed by atoms with Gasteiger partial charge < -0.3 is 0 Å². The number of fused-ring (bicyclic) bond motifs is 2. The van der Waals surface area contributed by atoms with Crippen LogP contribution in [0.25, 0.3) is 16.2 Å². The highest BCUT2D eigenvalue weighted by molar-refractivity contribution is 7.86. The Morgan fingerprint density at radius 3 is 1.63 bits per heavy atom. The minimum Gasteiger partial charge on any atom is -0.282 e. The van der Waals surface area contributed by atoms with E-state index in [2.05, 4.69) is 26.0 Å². The van der Waals surface area contributed by atoms with Gasteiger partial charge in [0.15, 0.2) is 0 Å². The van der Waals surface area contributed by atoms with Gasteiger partial charge in [0, 0.05) is 5.41 Å². The molecule has 0 aliphatic carbocycles. The second kappa shape index (κ2) is 8.22. The Morgan fingerprint density at radius 2 is 1.14 bits per heavy atom. The summed E-state index contributed by atoms with van der Waals surface area (Å²) in [4.78, 5) is -0.338. The molecule has 0 aromatic heterocycles. The molecule has 0 amide bonds. The molecule has 35 heavy (non-hydrogen) atoms. The minimum absolute atomic E-state index is 0.168. The largest absolute Gasteiger partial charge is 0.294 e. The topological polar surface area (TPSA) is 109 Å². The van der Waals surface area contributed by atoms with E-state index in [1.165, 1.54) is 35.2 Å².